The Bertz CT molecular complexity index is 1240. The summed E-state index contributed by atoms with van der Waals surface area (Å²) in [5.41, 5.74) is 7.54. The van der Waals surface area contributed by atoms with Crippen molar-refractivity contribution in [3.8, 4) is 11.8 Å². The van der Waals surface area contributed by atoms with Crippen LogP contribution in [0.3, 0.4) is 0 Å². The van der Waals surface area contributed by atoms with Crippen molar-refractivity contribution in [3.63, 3.8) is 0 Å². The van der Waals surface area contributed by atoms with Gasteiger partial charge < -0.3 is 0 Å². The van der Waals surface area contributed by atoms with Gasteiger partial charge in [-0.2, -0.15) is 0 Å². The number of nitrogens with zero attached hydrogens (tertiary/aromatic N) is 3. The highest BCUT2D eigenvalue weighted by Crippen LogP contribution is 2.25. The zero-order chi connectivity index (χ0) is 32.9. The number of hydrogen-bond donors (Lipinski definition) is 0. The van der Waals surface area contributed by atoms with Gasteiger partial charge in [-0.1, -0.05) is 112 Å². The van der Waals surface area contributed by atoms with Crippen molar-refractivity contribution in [3.05, 3.63) is 108 Å². The molecule has 3 nitrogen and oxygen atoms in total. The van der Waals surface area contributed by atoms with Crippen molar-refractivity contribution < 1.29 is 0 Å². The van der Waals surface area contributed by atoms with Gasteiger partial charge in [-0.05, 0) is 80.0 Å². The second kappa shape index (κ2) is 28.7. The predicted octanol–water partition coefficient (Wildman–Crippen LogP) is 10.1. The van der Waals surface area contributed by atoms with Gasteiger partial charge in [0.15, 0.2) is 5.49 Å². The Labute approximate surface area is 259 Å². The van der Waals surface area contributed by atoms with Gasteiger partial charge in [-0.25, -0.2) is 4.98 Å². The van der Waals surface area contributed by atoms with E-state index in [1.165, 1.54) is 10.8 Å². The van der Waals surface area contributed by atoms with Gasteiger partial charge in [-0.3, -0.25) is 9.98 Å². The minimum absolute atomic E-state index is 0.833. The number of aromatic nitrogens is 2. The molecule has 0 atom stereocenters. The van der Waals surface area contributed by atoms with E-state index in [4.69, 9.17) is 0 Å². The van der Waals surface area contributed by atoms with E-state index in [9.17, 15) is 0 Å². The lowest BCUT2D eigenvalue weighted by Crippen LogP contribution is -2.31. The number of aryl methyl sites for hydroxylation is 1. The van der Waals surface area contributed by atoms with Gasteiger partial charge in [0.1, 0.15) is 0 Å². The third-order valence-electron chi connectivity index (χ3n) is 4.87. The lowest BCUT2D eigenvalue weighted by Gasteiger charge is -2.11. The molecule has 4 rings (SSSR count). The van der Waals surface area contributed by atoms with Crippen LogP contribution in [0.15, 0.2) is 85.6 Å². The van der Waals surface area contributed by atoms with E-state index >= 15 is 0 Å². The summed E-state index contributed by atoms with van der Waals surface area (Å²) in [6.07, 6.45) is 12.9. The van der Waals surface area contributed by atoms with Crippen LogP contribution in [0.4, 0.5) is 0 Å². The van der Waals surface area contributed by atoms with Crippen LogP contribution in [0.2, 0.25) is 0 Å². The second-order valence-electron chi connectivity index (χ2n) is 9.04. The number of rotatable bonds is 2. The van der Waals surface area contributed by atoms with Crippen molar-refractivity contribution in [2.45, 2.75) is 95.4 Å². The van der Waals surface area contributed by atoms with E-state index in [-0.39, 0.29) is 0 Å². The predicted molar refractivity (Wildman–Crippen MR) is 192 cm³/mol. The third-order valence-corrected chi connectivity index (χ3v) is 4.87. The average molecular weight is 570 g/mol. The monoisotopic (exact) mass is 569 g/mol. The lowest BCUT2D eigenvalue weighted by atomic mass is 9.96. The zero-order valence-corrected chi connectivity index (χ0v) is 28.8. The topological polar surface area (TPSA) is 38.1 Å². The van der Waals surface area contributed by atoms with E-state index < -0.39 is 0 Å². The molecule has 0 aromatic carbocycles. The van der Waals surface area contributed by atoms with Crippen LogP contribution in [0.25, 0.3) is 17.2 Å². The largest absolute Gasteiger partial charge is 0.266 e. The first-order valence-corrected chi connectivity index (χ1v) is 15.4. The molecule has 0 N–H and O–H groups in total. The molecule has 2 aromatic rings. The molecule has 1 aliphatic heterocycles. The summed E-state index contributed by atoms with van der Waals surface area (Å²) < 4.78 is 0. The van der Waals surface area contributed by atoms with Crippen LogP contribution in [0.1, 0.15) is 105 Å². The maximum atomic E-state index is 4.50. The van der Waals surface area contributed by atoms with Crippen LogP contribution in [-0.2, 0) is 0 Å². The first-order chi connectivity index (χ1) is 20.3. The van der Waals surface area contributed by atoms with Crippen molar-refractivity contribution >= 4 is 17.2 Å². The fourth-order valence-electron chi connectivity index (χ4n) is 3.17. The van der Waals surface area contributed by atoms with Crippen molar-refractivity contribution in [1.29, 1.82) is 0 Å². The van der Waals surface area contributed by atoms with Gasteiger partial charge >= 0.3 is 0 Å². The maximum absolute atomic E-state index is 4.50. The minimum Gasteiger partial charge on any atom is -0.266 e. The standard InChI is InChI=1S/C18H17N.C9H10N2.C4H10.3C2H6.C2H4/c1-4-5-6-15-7-9-16(10-8-15)18-12-11-17(13-19-18)14(2)3;1-7-4-5-8-3-2-6-10-9(8)11-7;1-4(2)3;4*1-2/h4,7,9,11-13H,1-2,8,10H2,3H3;3-5H,2,6H2,1H3;4H,1-3H3;3*1-2H3;1-2H2. The summed E-state index contributed by atoms with van der Waals surface area (Å²) >= 11 is 0. The van der Waals surface area contributed by atoms with Crippen molar-refractivity contribution in [1.82, 2.24) is 9.97 Å². The third kappa shape index (κ3) is 19.3. The quantitative estimate of drug-likeness (QED) is 0.266. The summed E-state index contributed by atoms with van der Waals surface area (Å²) in [7, 11) is 0. The van der Waals surface area contributed by atoms with Gasteiger partial charge in [-0.15, -0.1) is 13.2 Å². The molecule has 42 heavy (non-hydrogen) atoms. The highest BCUT2D eigenvalue weighted by molar-refractivity contribution is 5.69. The number of fused-ring (bicyclic) bond motifs is 1. The van der Waals surface area contributed by atoms with Crippen molar-refractivity contribution in [2.24, 2.45) is 10.9 Å². The smallest absolute Gasteiger partial charge is 0.154 e. The fraction of sp³-hybridized carbons (Fsp3) is 0.410. The first kappa shape index (κ1) is 42.7. The minimum atomic E-state index is 0.833. The average Bonchev–Trinajstić information content (AvgIpc) is 3.04. The molecule has 3 heterocycles. The Morgan fingerprint density at radius 3 is 2.02 bits per heavy atom. The van der Waals surface area contributed by atoms with E-state index in [0.717, 1.165) is 65.3 Å². The highest BCUT2D eigenvalue weighted by Gasteiger charge is 2.08. The maximum Gasteiger partial charge on any atom is 0.154 e. The Kier molecular flexibility index (Phi) is 29.2. The van der Waals surface area contributed by atoms with Gasteiger partial charge in [0.25, 0.3) is 0 Å². The molecule has 3 heteroatoms. The number of allylic oxidation sites excluding steroid dienone is 6. The van der Waals surface area contributed by atoms with Crippen LogP contribution in [-0.4, -0.2) is 16.5 Å². The molecule has 230 valence electrons. The Morgan fingerprint density at radius 1 is 0.929 bits per heavy atom. The van der Waals surface area contributed by atoms with E-state index in [2.05, 4.69) is 110 Å². The summed E-state index contributed by atoms with van der Waals surface area (Å²) in [6, 6.07) is 8.24. The Morgan fingerprint density at radius 2 is 1.55 bits per heavy atom. The van der Waals surface area contributed by atoms with E-state index in [0.29, 0.717) is 0 Å². The normalized spacial score (nSPS) is 11.4. The molecule has 0 saturated heterocycles. The van der Waals surface area contributed by atoms with Gasteiger partial charge in [0.2, 0.25) is 0 Å². The summed E-state index contributed by atoms with van der Waals surface area (Å²) in [6.45, 7) is 36.9. The number of pyridine rings is 2. The summed E-state index contributed by atoms with van der Waals surface area (Å²) in [4.78, 5) is 13.1. The van der Waals surface area contributed by atoms with Crippen LogP contribution in [0, 0.1) is 24.7 Å². The van der Waals surface area contributed by atoms with E-state index in [1.807, 2.05) is 67.7 Å². The SMILES string of the molecule is C=C.C=CC#CC1=CC=C(c2ccc(C(=C)C)cn2)CC1.CC.CC.CC.CC(C)C.Cc1ccc2c(n1)=NCCC=2. The molecule has 0 saturated carbocycles. The second-order valence-corrected chi connectivity index (χ2v) is 9.04. The Balaban J connectivity index is -0.000000560. The molecule has 0 spiro atoms. The highest BCUT2D eigenvalue weighted by atomic mass is 14.8. The zero-order valence-electron chi connectivity index (χ0n) is 28.8. The molecule has 0 fully saturated rings. The molecular formula is C39H59N3. The summed E-state index contributed by atoms with van der Waals surface area (Å²) in [5, 5.41) is 1.18. The first-order valence-electron chi connectivity index (χ1n) is 15.4. The molecule has 0 amide bonds. The molecule has 0 bridgehead atoms. The molecule has 1 aliphatic carbocycles. The lowest BCUT2D eigenvalue weighted by molar-refractivity contribution is 0.737. The van der Waals surface area contributed by atoms with Crippen LogP contribution in [0.5, 0.6) is 0 Å². The molecular weight excluding hydrogens is 510 g/mol. The molecule has 2 aliphatic rings. The molecule has 0 unspecified atom stereocenters. The fourth-order valence-corrected chi connectivity index (χ4v) is 3.17. The Hall–Kier alpha value is -3.77. The van der Waals surface area contributed by atoms with Gasteiger partial charge in [0, 0.05) is 29.2 Å². The number of hydrogen-bond acceptors (Lipinski definition) is 3. The summed E-state index contributed by atoms with van der Waals surface area (Å²) in [5.74, 6) is 6.80. The van der Waals surface area contributed by atoms with Gasteiger partial charge in [0.05, 0.1) is 5.69 Å². The van der Waals surface area contributed by atoms with E-state index in [1.54, 1.807) is 6.08 Å². The molecule has 2 aromatic heterocycles. The molecule has 0 radical (unpaired) electrons. The van der Waals surface area contributed by atoms with Crippen molar-refractivity contribution in [2.75, 3.05) is 6.54 Å². The van der Waals surface area contributed by atoms with Crippen LogP contribution < -0.4 is 10.7 Å². The van der Waals surface area contributed by atoms with Crippen LogP contribution >= 0.6 is 0 Å².